The van der Waals surface area contributed by atoms with Gasteiger partial charge in [0.15, 0.2) is 0 Å². The molecular weight excluding hydrogens is 136 g/mol. The van der Waals surface area contributed by atoms with Gasteiger partial charge in [0.1, 0.15) is 5.78 Å². The highest BCUT2D eigenvalue weighted by Gasteiger charge is 2.44. The van der Waals surface area contributed by atoms with Crippen LogP contribution in [0.3, 0.4) is 0 Å². The van der Waals surface area contributed by atoms with Gasteiger partial charge >= 0.3 is 0 Å². The van der Waals surface area contributed by atoms with E-state index >= 15 is 0 Å². The molecule has 1 fully saturated rings. The van der Waals surface area contributed by atoms with Gasteiger partial charge in [0.2, 0.25) is 0 Å². The second-order valence-corrected chi connectivity index (χ2v) is 3.78. The number of carbonyl (C=O) groups excluding carboxylic acids is 1. The van der Waals surface area contributed by atoms with Gasteiger partial charge in [-0.25, -0.2) is 0 Å². The van der Waals surface area contributed by atoms with Crippen LogP contribution < -0.4 is 0 Å². The van der Waals surface area contributed by atoms with E-state index in [2.05, 4.69) is 13.0 Å². The Hall–Kier alpha value is -0.590. The number of carbonyl (C=O) groups is 1. The third-order valence-electron chi connectivity index (χ3n) is 3.32. The van der Waals surface area contributed by atoms with Crippen LogP contribution >= 0.6 is 0 Å². The number of hydrogen-bond donors (Lipinski definition) is 0. The maximum absolute atomic E-state index is 11.6. The highest BCUT2D eigenvalue weighted by molar-refractivity contribution is 5.90. The van der Waals surface area contributed by atoms with Crippen molar-refractivity contribution in [2.24, 2.45) is 5.41 Å². The molecule has 2 rings (SSSR count). The molecule has 2 aliphatic carbocycles. The summed E-state index contributed by atoms with van der Waals surface area (Å²) < 4.78 is 0. The minimum atomic E-state index is 0.0278. The summed E-state index contributed by atoms with van der Waals surface area (Å²) in [7, 11) is 0. The Kier molecular flexibility index (Phi) is 1.41. The first-order valence-corrected chi connectivity index (χ1v) is 4.46. The van der Waals surface area contributed by atoms with Crippen LogP contribution in [0.15, 0.2) is 11.6 Å². The third kappa shape index (κ3) is 0.800. The minimum Gasteiger partial charge on any atom is -0.299 e. The van der Waals surface area contributed by atoms with E-state index in [4.69, 9.17) is 0 Å². The fourth-order valence-electron chi connectivity index (χ4n) is 2.54. The van der Waals surface area contributed by atoms with E-state index < -0.39 is 0 Å². The number of ketones is 1. The molecule has 0 saturated heterocycles. The van der Waals surface area contributed by atoms with Gasteiger partial charge in [-0.15, -0.1) is 0 Å². The predicted octanol–water partition coefficient (Wildman–Crippen LogP) is 2.47. The Morgan fingerprint density at radius 3 is 2.73 bits per heavy atom. The molecule has 0 radical (unpaired) electrons. The Labute approximate surface area is 67.5 Å². The van der Waals surface area contributed by atoms with Gasteiger partial charge < -0.3 is 0 Å². The van der Waals surface area contributed by atoms with Crippen LogP contribution in [0.1, 0.15) is 39.0 Å². The summed E-state index contributed by atoms with van der Waals surface area (Å²) in [5.74, 6) is 0.503. The van der Waals surface area contributed by atoms with Crippen molar-refractivity contribution in [3.63, 3.8) is 0 Å². The smallest absolute Gasteiger partial charge is 0.143 e. The molecule has 0 heterocycles. The second-order valence-electron chi connectivity index (χ2n) is 3.78. The van der Waals surface area contributed by atoms with E-state index in [1.165, 1.54) is 5.57 Å². The topological polar surface area (TPSA) is 17.1 Å². The zero-order valence-corrected chi connectivity index (χ0v) is 7.02. The minimum absolute atomic E-state index is 0.0278. The van der Waals surface area contributed by atoms with E-state index in [0.29, 0.717) is 5.78 Å². The molecule has 1 nitrogen and oxygen atoms in total. The molecule has 2 aliphatic rings. The number of rotatable bonds is 0. The summed E-state index contributed by atoms with van der Waals surface area (Å²) in [5.41, 5.74) is 1.38. The van der Waals surface area contributed by atoms with Gasteiger partial charge in [-0.3, -0.25) is 4.79 Å². The van der Waals surface area contributed by atoms with Gasteiger partial charge in [0.25, 0.3) is 0 Å². The normalized spacial score (nSPS) is 36.8. The lowest BCUT2D eigenvalue weighted by Crippen LogP contribution is -2.23. The van der Waals surface area contributed by atoms with Crippen molar-refractivity contribution in [2.75, 3.05) is 0 Å². The van der Waals surface area contributed by atoms with Gasteiger partial charge in [-0.05, 0) is 32.6 Å². The van der Waals surface area contributed by atoms with Gasteiger partial charge in [0, 0.05) is 11.8 Å². The van der Waals surface area contributed by atoms with Crippen LogP contribution in [-0.2, 0) is 4.79 Å². The second kappa shape index (κ2) is 2.20. The summed E-state index contributed by atoms with van der Waals surface area (Å²) in [6, 6.07) is 0. The van der Waals surface area contributed by atoms with Crippen molar-refractivity contribution in [2.45, 2.75) is 39.0 Å². The molecule has 11 heavy (non-hydrogen) atoms. The summed E-state index contributed by atoms with van der Waals surface area (Å²) >= 11 is 0. The van der Waals surface area contributed by atoms with E-state index in [1.807, 2.05) is 0 Å². The maximum Gasteiger partial charge on any atom is 0.143 e. The van der Waals surface area contributed by atoms with Crippen molar-refractivity contribution in [3.05, 3.63) is 11.6 Å². The molecule has 0 aromatic rings. The molecule has 0 aliphatic heterocycles. The standard InChI is InChI=1S/C10H14O/c1-8-4-2-6-10(8)7-3-5-9(10)11/h4H,2-3,5-7H2,1H3. The van der Waals surface area contributed by atoms with Gasteiger partial charge in [0.05, 0.1) is 0 Å². The molecule has 0 bridgehead atoms. The highest BCUT2D eigenvalue weighted by Crippen LogP contribution is 2.48. The predicted molar refractivity (Wildman–Crippen MR) is 44.3 cm³/mol. The SMILES string of the molecule is CC1=CCCC12CCCC2=O. The first kappa shape index (κ1) is 7.08. The molecule has 1 spiro atoms. The molecule has 0 aromatic carbocycles. The lowest BCUT2D eigenvalue weighted by atomic mass is 9.79. The number of Topliss-reactive ketones (excluding diaryl/α,β-unsaturated/α-hetero) is 1. The van der Waals surface area contributed by atoms with Crippen LogP contribution in [0, 0.1) is 5.41 Å². The van der Waals surface area contributed by atoms with Crippen LogP contribution in [-0.4, -0.2) is 5.78 Å². The Morgan fingerprint density at radius 1 is 1.45 bits per heavy atom. The van der Waals surface area contributed by atoms with Gasteiger partial charge in [-0.2, -0.15) is 0 Å². The van der Waals surface area contributed by atoms with E-state index in [0.717, 1.165) is 32.1 Å². The van der Waals surface area contributed by atoms with E-state index in [1.54, 1.807) is 0 Å². The average molecular weight is 150 g/mol. The lowest BCUT2D eigenvalue weighted by Gasteiger charge is -2.22. The lowest BCUT2D eigenvalue weighted by molar-refractivity contribution is -0.124. The maximum atomic E-state index is 11.6. The van der Waals surface area contributed by atoms with Crippen LogP contribution in [0.4, 0.5) is 0 Å². The first-order valence-electron chi connectivity index (χ1n) is 4.46. The van der Waals surface area contributed by atoms with Crippen LogP contribution in [0.2, 0.25) is 0 Å². The summed E-state index contributed by atoms with van der Waals surface area (Å²) in [5, 5.41) is 0. The summed E-state index contributed by atoms with van der Waals surface area (Å²) in [6.07, 6.45) is 7.52. The molecule has 1 unspecified atom stereocenters. The molecule has 0 amide bonds. The molecular formula is C10H14O. The van der Waals surface area contributed by atoms with E-state index in [9.17, 15) is 4.79 Å². The fourth-order valence-corrected chi connectivity index (χ4v) is 2.54. The largest absolute Gasteiger partial charge is 0.299 e. The van der Waals surface area contributed by atoms with E-state index in [-0.39, 0.29) is 5.41 Å². The first-order chi connectivity index (χ1) is 5.26. The fraction of sp³-hybridized carbons (Fsp3) is 0.700. The van der Waals surface area contributed by atoms with Crippen molar-refractivity contribution in [1.82, 2.24) is 0 Å². The monoisotopic (exact) mass is 150 g/mol. The Balaban J connectivity index is 2.35. The number of allylic oxidation sites excluding steroid dienone is 2. The van der Waals surface area contributed by atoms with Crippen molar-refractivity contribution < 1.29 is 4.79 Å². The van der Waals surface area contributed by atoms with Crippen molar-refractivity contribution in [3.8, 4) is 0 Å². The van der Waals surface area contributed by atoms with Crippen molar-refractivity contribution >= 4 is 5.78 Å². The third-order valence-corrected chi connectivity index (χ3v) is 3.32. The Bertz CT molecular complexity index is 227. The van der Waals surface area contributed by atoms with Crippen LogP contribution in [0.25, 0.3) is 0 Å². The highest BCUT2D eigenvalue weighted by atomic mass is 16.1. The zero-order chi connectivity index (χ0) is 7.90. The molecule has 0 N–H and O–H groups in total. The zero-order valence-electron chi connectivity index (χ0n) is 7.02. The van der Waals surface area contributed by atoms with Gasteiger partial charge in [-0.1, -0.05) is 11.6 Å². The van der Waals surface area contributed by atoms with Crippen LogP contribution in [0.5, 0.6) is 0 Å². The Morgan fingerprint density at radius 2 is 2.27 bits per heavy atom. The summed E-state index contributed by atoms with van der Waals surface area (Å²) in [6.45, 7) is 2.12. The quantitative estimate of drug-likeness (QED) is 0.485. The number of hydrogen-bond acceptors (Lipinski definition) is 1. The molecule has 1 saturated carbocycles. The average Bonchev–Trinajstić information content (AvgIpc) is 2.48. The molecule has 1 heteroatoms. The molecule has 60 valence electrons. The molecule has 1 atom stereocenters. The van der Waals surface area contributed by atoms with Crippen molar-refractivity contribution in [1.29, 1.82) is 0 Å². The summed E-state index contributed by atoms with van der Waals surface area (Å²) in [4.78, 5) is 11.6. The molecule has 0 aromatic heterocycles.